The fraction of sp³-hybridized carbons (Fsp3) is 0.500. The maximum Gasteiger partial charge on any atom is 0.237 e. The molecule has 0 aliphatic carbocycles. The molecule has 1 atom stereocenters. The van der Waals surface area contributed by atoms with Gasteiger partial charge in [-0.25, -0.2) is 4.39 Å². The van der Waals surface area contributed by atoms with Gasteiger partial charge in [-0.3, -0.25) is 4.79 Å². The van der Waals surface area contributed by atoms with Gasteiger partial charge in [0, 0.05) is 18.8 Å². The van der Waals surface area contributed by atoms with Crippen molar-refractivity contribution in [3.8, 4) is 0 Å². The molecule has 1 unspecified atom stereocenters. The topological polar surface area (TPSA) is 72.3 Å². The number of hydrogen-bond donors (Lipinski definition) is 2. The predicted molar refractivity (Wildman–Crippen MR) is 75.3 cm³/mol. The SMILES string of the molecule is CCN(CCCC(C)(N)C(N)=O)c1cccc(F)c1. The number of primary amides is 1. The van der Waals surface area contributed by atoms with Crippen LogP contribution in [0, 0.1) is 5.82 Å². The van der Waals surface area contributed by atoms with Crippen molar-refractivity contribution >= 4 is 11.6 Å². The Balaban J connectivity index is 2.57. The van der Waals surface area contributed by atoms with Crippen molar-refractivity contribution in [3.05, 3.63) is 30.1 Å². The summed E-state index contributed by atoms with van der Waals surface area (Å²) in [6, 6.07) is 6.46. The van der Waals surface area contributed by atoms with Crippen molar-refractivity contribution in [1.29, 1.82) is 0 Å². The molecule has 0 radical (unpaired) electrons. The molecule has 0 aliphatic rings. The fourth-order valence-corrected chi connectivity index (χ4v) is 1.90. The molecule has 1 amide bonds. The summed E-state index contributed by atoms with van der Waals surface area (Å²) in [5.41, 5.74) is 10.9. The molecule has 1 rings (SSSR count). The Bertz CT molecular complexity index is 434. The summed E-state index contributed by atoms with van der Waals surface area (Å²) in [6.45, 7) is 5.11. The van der Waals surface area contributed by atoms with Crippen molar-refractivity contribution in [2.75, 3.05) is 18.0 Å². The number of benzene rings is 1. The number of nitrogens with two attached hydrogens (primary N) is 2. The second-order valence-electron chi connectivity index (χ2n) is 4.94. The molecule has 0 aromatic heterocycles. The third-order valence-electron chi connectivity index (χ3n) is 3.24. The van der Waals surface area contributed by atoms with Gasteiger partial charge in [-0.05, 0) is 44.9 Å². The first kappa shape index (κ1) is 15.4. The molecule has 1 aromatic carbocycles. The highest BCUT2D eigenvalue weighted by molar-refractivity contribution is 5.83. The zero-order chi connectivity index (χ0) is 14.5. The Morgan fingerprint density at radius 3 is 2.68 bits per heavy atom. The number of anilines is 1. The van der Waals surface area contributed by atoms with Crippen molar-refractivity contribution in [3.63, 3.8) is 0 Å². The summed E-state index contributed by atoms with van der Waals surface area (Å²) in [7, 11) is 0. The van der Waals surface area contributed by atoms with Gasteiger partial charge in [0.2, 0.25) is 5.91 Å². The second kappa shape index (κ2) is 6.52. The van der Waals surface area contributed by atoms with Crippen LogP contribution in [0.2, 0.25) is 0 Å². The lowest BCUT2D eigenvalue weighted by molar-refractivity contribution is -0.122. The highest BCUT2D eigenvalue weighted by Crippen LogP contribution is 2.17. The van der Waals surface area contributed by atoms with E-state index in [0.29, 0.717) is 13.0 Å². The van der Waals surface area contributed by atoms with E-state index in [0.717, 1.165) is 18.7 Å². The number of carbonyl (C=O) groups is 1. The third-order valence-corrected chi connectivity index (χ3v) is 3.24. The molecule has 0 fully saturated rings. The molecular weight excluding hydrogens is 245 g/mol. The van der Waals surface area contributed by atoms with Crippen LogP contribution in [0.1, 0.15) is 26.7 Å². The maximum atomic E-state index is 13.2. The minimum Gasteiger partial charge on any atom is -0.372 e. The van der Waals surface area contributed by atoms with Crippen LogP contribution in [0.5, 0.6) is 0 Å². The van der Waals surface area contributed by atoms with Crippen LogP contribution < -0.4 is 16.4 Å². The minimum atomic E-state index is -0.985. The summed E-state index contributed by atoms with van der Waals surface area (Å²) >= 11 is 0. The predicted octanol–water partition coefficient (Wildman–Crippen LogP) is 1.63. The van der Waals surface area contributed by atoms with Crippen LogP contribution in [0.25, 0.3) is 0 Å². The Morgan fingerprint density at radius 2 is 2.16 bits per heavy atom. The van der Waals surface area contributed by atoms with Crippen molar-refractivity contribution < 1.29 is 9.18 Å². The monoisotopic (exact) mass is 267 g/mol. The van der Waals surface area contributed by atoms with E-state index in [2.05, 4.69) is 0 Å². The van der Waals surface area contributed by atoms with Gasteiger partial charge in [-0.15, -0.1) is 0 Å². The van der Waals surface area contributed by atoms with E-state index < -0.39 is 11.4 Å². The van der Waals surface area contributed by atoms with Crippen molar-refractivity contribution in [1.82, 2.24) is 0 Å². The molecular formula is C14H22FN3O. The molecule has 4 N–H and O–H groups in total. The van der Waals surface area contributed by atoms with Gasteiger partial charge in [0.15, 0.2) is 0 Å². The molecule has 0 bridgehead atoms. The molecule has 4 nitrogen and oxygen atoms in total. The number of carbonyl (C=O) groups excluding carboxylic acids is 1. The lowest BCUT2D eigenvalue weighted by Gasteiger charge is -2.26. The molecule has 19 heavy (non-hydrogen) atoms. The number of hydrogen-bond acceptors (Lipinski definition) is 3. The molecule has 0 spiro atoms. The summed E-state index contributed by atoms with van der Waals surface area (Å²) in [5.74, 6) is -0.752. The summed E-state index contributed by atoms with van der Waals surface area (Å²) in [5, 5.41) is 0. The van der Waals surface area contributed by atoms with E-state index in [1.165, 1.54) is 12.1 Å². The number of rotatable bonds is 7. The average molecular weight is 267 g/mol. The van der Waals surface area contributed by atoms with Gasteiger partial charge in [-0.2, -0.15) is 0 Å². The summed E-state index contributed by atoms with van der Waals surface area (Å²) in [6.07, 6.45) is 1.23. The van der Waals surface area contributed by atoms with Crippen LogP contribution in [0.3, 0.4) is 0 Å². The average Bonchev–Trinajstić information content (AvgIpc) is 2.34. The van der Waals surface area contributed by atoms with E-state index in [1.807, 2.05) is 17.9 Å². The van der Waals surface area contributed by atoms with Crippen molar-refractivity contribution in [2.24, 2.45) is 11.5 Å². The first-order valence-corrected chi connectivity index (χ1v) is 6.46. The minimum absolute atomic E-state index is 0.253. The van der Waals surface area contributed by atoms with Gasteiger partial charge in [0.1, 0.15) is 5.82 Å². The second-order valence-corrected chi connectivity index (χ2v) is 4.94. The quantitative estimate of drug-likeness (QED) is 0.788. The van der Waals surface area contributed by atoms with E-state index in [1.54, 1.807) is 13.0 Å². The molecule has 106 valence electrons. The molecule has 0 saturated carbocycles. The van der Waals surface area contributed by atoms with E-state index >= 15 is 0 Å². The highest BCUT2D eigenvalue weighted by atomic mass is 19.1. The summed E-state index contributed by atoms with van der Waals surface area (Å²) < 4.78 is 13.2. The van der Waals surface area contributed by atoms with Crippen LogP contribution in [0.4, 0.5) is 10.1 Å². The van der Waals surface area contributed by atoms with Crippen LogP contribution >= 0.6 is 0 Å². The van der Waals surface area contributed by atoms with Gasteiger partial charge < -0.3 is 16.4 Å². The number of amides is 1. The molecule has 0 heterocycles. The van der Waals surface area contributed by atoms with Crippen LogP contribution in [0.15, 0.2) is 24.3 Å². The largest absolute Gasteiger partial charge is 0.372 e. The van der Waals surface area contributed by atoms with Crippen molar-refractivity contribution in [2.45, 2.75) is 32.2 Å². The van der Waals surface area contributed by atoms with Crippen LogP contribution in [-0.2, 0) is 4.79 Å². The Labute approximate surface area is 113 Å². The van der Waals surface area contributed by atoms with Gasteiger partial charge in [0.25, 0.3) is 0 Å². The van der Waals surface area contributed by atoms with E-state index in [-0.39, 0.29) is 5.82 Å². The number of nitrogens with zero attached hydrogens (tertiary/aromatic N) is 1. The van der Waals surface area contributed by atoms with Crippen LogP contribution in [-0.4, -0.2) is 24.5 Å². The molecule has 0 aliphatic heterocycles. The standard InChI is InChI=1S/C14H22FN3O/c1-3-18(12-7-4-6-11(15)10-12)9-5-8-14(2,17)13(16)19/h4,6-7,10H,3,5,8-9,17H2,1-2H3,(H2,16,19). The van der Waals surface area contributed by atoms with E-state index in [4.69, 9.17) is 11.5 Å². The lowest BCUT2D eigenvalue weighted by Crippen LogP contribution is -2.49. The Hall–Kier alpha value is -1.62. The Kier molecular flexibility index (Phi) is 5.30. The highest BCUT2D eigenvalue weighted by Gasteiger charge is 2.24. The van der Waals surface area contributed by atoms with Gasteiger partial charge >= 0.3 is 0 Å². The third kappa shape index (κ3) is 4.52. The normalized spacial score (nSPS) is 13.9. The van der Waals surface area contributed by atoms with Gasteiger partial charge in [-0.1, -0.05) is 6.07 Å². The first-order valence-electron chi connectivity index (χ1n) is 6.46. The molecule has 5 heteroatoms. The number of halogens is 1. The first-order chi connectivity index (χ1) is 8.86. The molecule has 1 aromatic rings. The van der Waals surface area contributed by atoms with Gasteiger partial charge in [0.05, 0.1) is 5.54 Å². The Morgan fingerprint density at radius 1 is 1.47 bits per heavy atom. The zero-order valence-electron chi connectivity index (χ0n) is 11.5. The lowest BCUT2D eigenvalue weighted by atomic mass is 9.96. The zero-order valence-corrected chi connectivity index (χ0v) is 11.5. The smallest absolute Gasteiger partial charge is 0.237 e. The fourth-order valence-electron chi connectivity index (χ4n) is 1.90. The summed E-state index contributed by atoms with van der Waals surface area (Å²) in [4.78, 5) is 13.2. The molecule has 0 saturated heterocycles. The maximum absolute atomic E-state index is 13.2. The van der Waals surface area contributed by atoms with E-state index in [9.17, 15) is 9.18 Å².